The monoisotopic (exact) mass is 367 g/mol. The van der Waals surface area contributed by atoms with E-state index in [1.54, 1.807) is 0 Å². The Balaban J connectivity index is 2.19. The van der Waals surface area contributed by atoms with Gasteiger partial charge in [-0.3, -0.25) is 4.31 Å². The predicted octanol–water partition coefficient (Wildman–Crippen LogP) is 3.50. The number of fused-ring (bicyclic) bond motifs is 1. The SMILES string of the molecule is COc1cc(S(=O)(=O)N2c3ccccc3C[C@H]2C)c(OC)cc1Cl. The summed E-state index contributed by atoms with van der Waals surface area (Å²) < 4.78 is 38.5. The highest BCUT2D eigenvalue weighted by atomic mass is 35.5. The van der Waals surface area contributed by atoms with Crippen molar-refractivity contribution in [3.8, 4) is 11.5 Å². The average Bonchev–Trinajstić information content (AvgIpc) is 2.90. The molecule has 7 heteroatoms. The van der Waals surface area contributed by atoms with Crippen LogP contribution in [0.1, 0.15) is 12.5 Å². The quantitative estimate of drug-likeness (QED) is 0.830. The molecule has 0 saturated carbocycles. The predicted molar refractivity (Wildman–Crippen MR) is 93.8 cm³/mol. The van der Waals surface area contributed by atoms with Crippen LogP contribution in [0.15, 0.2) is 41.3 Å². The van der Waals surface area contributed by atoms with E-state index in [1.165, 1.54) is 30.7 Å². The van der Waals surface area contributed by atoms with Gasteiger partial charge >= 0.3 is 0 Å². The Morgan fingerprint density at radius 3 is 2.46 bits per heavy atom. The van der Waals surface area contributed by atoms with E-state index in [-0.39, 0.29) is 22.4 Å². The van der Waals surface area contributed by atoms with E-state index in [2.05, 4.69) is 0 Å². The van der Waals surface area contributed by atoms with Gasteiger partial charge < -0.3 is 9.47 Å². The van der Waals surface area contributed by atoms with Crippen LogP contribution in [0.25, 0.3) is 0 Å². The lowest BCUT2D eigenvalue weighted by Crippen LogP contribution is -2.35. The third-order valence-corrected chi connectivity index (χ3v) is 6.36. The largest absolute Gasteiger partial charge is 0.495 e. The molecule has 128 valence electrons. The minimum absolute atomic E-state index is 0.0369. The summed E-state index contributed by atoms with van der Waals surface area (Å²) in [5, 5.41) is 0.295. The number of anilines is 1. The van der Waals surface area contributed by atoms with Gasteiger partial charge in [0.25, 0.3) is 10.0 Å². The average molecular weight is 368 g/mol. The number of hydrogen-bond acceptors (Lipinski definition) is 4. The summed E-state index contributed by atoms with van der Waals surface area (Å²) in [7, 11) is -0.966. The number of hydrogen-bond donors (Lipinski definition) is 0. The molecule has 2 aromatic rings. The van der Waals surface area contributed by atoms with Crippen molar-refractivity contribution in [2.45, 2.75) is 24.3 Å². The smallest absolute Gasteiger partial charge is 0.268 e. The minimum Gasteiger partial charge on any atom is -0.495 e. The van der Waals surface area contributed by atoms with E-state index < -0.39 is 10.0 Å². The number of nitrogens with zero attached hydrogens (tertiary/aromatic N) is 1. The van der Waals surface area contributed by atoms with Crippen molar-refractivity contribution in [3.63, 3.8) is 0 Å². The molecule has 0 amide bonds. The molecule has 0 aliphatic carbocycles. The second kappa shape index (κ2) is 6.18. The molecule has 0 radical (unpaired) electrons. The highest BCUT2D eigenvalue weighted by Crippen LogP contribution is 2.41. The number of benzene rings is 2. The highest BCUT2D eigenvalue weighted by molar-refractivity contribution is 7.93. The van der Waals surface area contributed by atoms with Gasteiger partial charge in [0.15, 0.2) is 0 Å². The van der Waals surface area contributed by atoms with Crippen LogP contribution >= 0.6 is 11.6 Å². The lowest BCUT2D eigenvalue weighted by molar-refractivity contribution is 0.392. The number of sulfonamides is 1. The topological polar surface area (TPSA) is 55.8 Å². The molecule has 1 aliphatic heterocycles. The van der Waals surface area contributed by atoms with Crippen LogP contribution in [0.4, 0.5) is 5.69 Å². The number of methoxy groups -OCH3 is 2. The van der Waals surface area contributed by atoms with E-state index in [4.69, 9.17) is 21.1 Å². The molecule has 0 N–H and O–H groups in total. The van der Waals surface area contributed by atoms with Crippen molar-refractivity contribution in [2.24, 2.45) is 0 Å². The molecule has 0 bridgehead atoms. The third-order valence-electron chi connectivity index (χ3n) is 4.12. The number of para-hydroxylation sites is 1. The van der Waals surface area contributed by atoms with Crippen LogP contribution in [0, 0.1) is 0 Å². The molecule has 0 fully saturated rings. The summed E-state index contributed by atoms with van der Waals surface area (Å²) in [6.45, 7) is 1.89. The van der Waals surface area contributed by atoms with Gasteiger partial charge in [0.05, 0.1) is 24.9 Å². The van der Waals surface area contributed by atoms with E-state index >= 15 is 0 Å². The van der Waals surface area contributed by atoms with Crippen molar-refractivity contribution < 1.29 is 17.9 Å². The van der Waals surface area contributed by atoms with Crippen molar-refractivity contribution in [3.05, 3.63) is 47.0 Å². The fourth-order valence-electron chi connectivity index (χ4n) is 3.04. The molecule has 1 heterocycles. The van der Waals surface area contributed by atoms with Gasteiger partial charge in [0.1, 0.15) is 16.4 Å². The normalized spacial score (nSPS) is 16.8. The first-order valence-corrected chi connectivity index (χ1v) is 9.25. The summed E-state index contributed by atoms with van der Waals surface area (Å²) in [5.74, 6) is 0.480. The maximum atomic E-state index is 13.3. The summed E-state index contributed by atoms with van der Waals surface area (Å²) in [4.78, 5) is 0.0369. The maximum absolute atomic E-state index is 13.3. The van der Waals surface area contributed by atoms with Gasteiger partial charge in [0, 0.05) is 18.2 Å². The Bertz CT molecular complexity index is 882. The first kappa shape index (κ1) is 16.9. The lowest BCUT2D eigenvalue weighted by Gasteiger charge is -2.25. The minimum atomic E-state index is -3.82. The Hall–Kier alpha value is -1.92. The molecule has 5 nitrogen and oxygen atoms in total. The molecule has 0 unspecified atom stereocenters. The zero-order valence-corrected chi connectivity index (χ0v) is 15.2. The molecule has 3 rings (SSSR count). The van der Waals surface area contributed by atoms with Gasteiger partial charge in [-0.2, -0.15) is 0 Å². The molecule has 1 atom stereocenters. The van der Waals surface area contributed by atoms with Crippen LogP contribution in [-0.4, -0.2) is 28.7 Å². The van der Waals surface area contributed by atoms with E-state index in [0.717, 1.165) is 5.56 Å². The molecular formula is C17H18ClNO4S. The Morgan fingerprint density at radius 1 is 1.12 bits per heavy atom. The number of ether oxygens (including phenoxy) is 2. The van der Waals surface area contributed by atoms with E-state index in [0.29, 0.717) is 17.1 Å². The molecule has 24 heavy (non-hydrogen) atoms. The van der Waals surface area contributed by atoms with Gasteiger partial charge in [-0.05, 0) is 25.0 Å². The van der Waals surface area contributed by atoms with Crippen LogP contribution in [0.5, 0.6) is 11.5 Å². The van der Waals surface area contributed by atoms with Crippen molar-refractivity contribution in [1.29, 1.82) is 0 Å². The van der Waals surface area contributed by atoms with Crippen molar-refractivity contribution >= 4 is 27.3 Å². The zero-order chi connectivity index (χ0) is 17.5. The van der Waals surface area contributed by atoms with E-state index in [1.807, 2.05) is 31.2 Å². The Morgan fingerprint density at radius 2 is 1.79 bits per heavy atom. The second-order valence-electron chi connectivity index (χ2n) is 5.62. The number of halogens is 1. The van der Waals surface area contributed by atoms with Crippen molar-refractivity contribution in [1.82, 2.24) is 0 Å². The summed E-state index contributed by atoms with van der Waals surface area (Å²) in [5.41, 5.74) is 1.70. The summed E-state index contributed by atoms with van der Waals surface area (Å²) >= 11 is 6.09. The third kappa shape index (κ3) is 2.59. The fraction of sp³-hybridized carbons (Fsp3) is 0.294. The van der Waals surface area contributed by atoms with Gasteiger partial charge in [-0.15, -0.1) is 0 Å². The lowest BCUT2D eigenvalue weighted by atomic mass is 10.1. The Kier molecular flexibility index (Phi) is 4.36. The van der Waals surface area contributed by atoms with Crippen LogP contribution in [-0.2, 0) is 16.4 Å². The van der Waals surface area contributed by atoms with Gasteiger partial charge in [-0.25, -0.2) is 8.42 Å². The van der Waals surface area contributed by atoms with Gasteiger partial charge in [0.2, 0.25) is 0 Å². The van der Waals surface area contributed by atoms with E-state index in [9.17, 15) is 8.42 Å². The molecule has 2 aromatic carbocycles. The van der Waals surface area contributed by atoms with Crippen LogP contribution in [0.3, 0.4) is 0 Å². The fourth-order valence-corrected chi connectivity index (χ4v) is 5.12. The summed E-state index contributed by atoms with van der Waals surface area (Å²) in [6, 6.07) is 10.2. The van der Waals surface area contributed by atoms with Gasteiger partial charge in [-0.1, -0.05) is 29.8 Å². The van der Waals surface area contributed by atoms with Crippen LogP contribution < -0.4 is 13.8 Å². The molecule has 1 aliphatic rings. The van der Waals surface area contributed by atoms with Crippen molar-refractivity contribution in [2.75, 3.05) is 18.5 Å². The number of rotatable bonds is 4. The standard InChI is InChI=1S/C17H18ClNO4S/c1-11-8-12-6-4-5-7-14(12)19(11)24(20,21)17-10-15(22-2)13(18)9-16(17)23-3/h4-7,9-11H,8H2,1-3H3/t11-/m1/s1. The first-order chi connectivity index (χ1) is 11.4. The molecule has 0 aromatic heterocycles. The molecule has 0 saturated heterocycles. The maximum Gasteiger partial charge on any atom is 0.268 e. The van der Waals surface area contributed by atoms with Crippen LogP contribution in [0.2, 0.25) is 5.02 Å². The molecule has 0 spiro atoms. The zero-order valence-electron chi connectivity index (χ0n) is 13.6. The Labute approximate surface area is 146 Å². The first-order valence-electron chi connectivity index (χ1n) is 7.44. The summed E-state index contributed by atoms with van der Waals surface area (Å²) in [6.07, 6.45) is 0.669. The molecular weight excluding hydrogens is 350 g/mol. The second-order valence-corrected chi connectivity index (χ2v) is 7.81. The highest BCUT2D eigenvalue weighted by Gasteiger charge is 2.37.